The van der Waals surface area contributed by atoms with E-state index in [1.165, 1.54) is 76.4 Å². The van der Waals surface area contributed by atoms with Crippen molar-refractivity contribution in [2.75, 3.05) is 0 Å². The summed E-state index contributed by atoms with van der Waals surface area (Å²) in [7, 11) is 0. The van der Waals surface area contributed by atoms with Gasteiger partial charge in [0, 0.05) is 49.0 Å². The number of aromatic nitrogens is 4. The van der Waals surface area contributed by atoms with Gasteiger partial charge in [0.25, 0.3) is 0 Å². The van der Waals surface area contributed by atoms with Crippen LogP contribution in [0.1, 0.15) is 25.0 Å². The lowest BCUT2D eigenvalue weighted by Crippen LogP contribution is -2.15. The van der Waals surface area contributed by atoms with Gasteiger partial charge >= 0.3 is 0 Å². The fraction of sp³-hybridized carbons (Fsp3) is 0.0545. The molecule has 0 saturated carbocycles. The summed E-state index contributed by atoms with van der Waals surface area (Å²) in [5.74, 6) is 1.60. The van der Waals surface area contributed by atoms with Gasteiger partial charge in [-0.1, -0.05) is 141 Å². The second-order valence-corrected chi connectivity index (χ2v) is 16.6. The van der Waals surface area contributed by atoms with Gasteiger partial charge in [-0.3, -0.25) is 4.57 Å². The molecule has 9 aromatic carbocycles. The van der Waals surface area contributed by atoms with Gasteiger partial charge in [0.05, 0.1) is 27.6 Å². The molecule has 0 amide bonds. The first-order chi connectivity index (χ1) is 29.0. The van der Waals surface area contributed by atoms with E-state index in [4.69, 9.17) is 9.97 Å². The molecule has 1 aliphatic rings. The highest BCUT2D eigenvalue weighted by Gasteiger charge is 2.35. The normalized spacial score (nSPS) is 13.4. The van der Waals surface area contributed by atoms with Gasteiger partial charge < -0.3 is 4.57 Å². The first kappa shape index (κ1) is 32.5. The average Bonchev–Trinajstić information content (AvgIpc) is 3.88. The molecule has 1 aliphatic carbocycles. The lowest BCUT2D eigenvalue weighted by Gasteiger charge is -2.22. The fourth-order valence-electron chi connectivity index (χ4n) is 10.3. The zero-order valence-electron chi connectivity index (χ0n) is 32.6. The number of fused-ring (bicyclic) bond motifs is 13. The van der Waals surface area contributed by atoms with E-state index in [0.29, 0.717) is 0 Å². The fourth-order valence-corrected chi connectivity index (χ4v) is 10.3. The van der Waals surface area contributed by atoms with Crippen molar-refractivity contribution in [2.45, 2.75) is 19.3 Å². The summed E-state index contributed by atoms with van der Waals surface area (Å²) >= 11 is 0. The van der Waals surface area contributed by atoms with Crippen molar-refractivity contribution in [3.63, 3.8) is 0 Å². The third-order valence-corrected chi connectivity index (χ3v) is 13.1. The van der Waals surface area contributed by atoms with Gasteiger partial charge in [0.1, 0.15) is 5.82 Å². The van der Waals surface area contributed by atoms with Crippen LogP contribution in [0, 0.1) is 0 Å². The maximum atomic E-state index is 5.52. The quantitative estimate of drug-likeness (QED) is 0.180. The zero-order valence-corrected chi connectivity index (χ0v) is 32.6. The number of para-hydroxylation sites is 3. The third kappa shape index (κ3) is 4.49. The van der Waals surface area contributed by atoms with E-state index >= 15 is 0 Å². The molecule has 0 spiro atoms. The van der Waals surface area contributed by atoms with E-state index in [1.807, 2.05) is 0 Å². The topological polar surface area (TPSA) is 35.6 Å². The van der Waals surface area contributed by atoms with Crippen LogP contribution in [0.3, 0.4) is 0 Å². The van der Waals surface area contributed by atoms with Crippen LogP contribution in [0.25, 0.3) is 110 Å². The second-order valence-electron chi connectivity index (χ2n) is 16.6. The maximum absolute atomic E-state index is 5.52. The smallest absolute Gasteiger partial charge is 0.162 e. The Labute approximate surface area is 340 Å². The van der Waals surface area contributed by atoms with E-state index < -0.39 is 0 Å². The first-order valence-corrected chi connectivity index (χ1v) is 20.4. The molecule has 4 nitrogen and oxygen atoms in total. The first-order valence-electron chi connectivity index (χ1n) is 20.4. The van der Waals surface area contributed by atoms with Gasteiger partial charge in [0.15, 0.2) is 5.82 Å². The SMILES string of the molecule is CC1(C)c2ccccc2-c2ccc(-c3nc(-n4c5ccccc5c5cc6ccc(-n7c8ccccc8c8ccc9ccccc9c87)cc6cc54)c4ccccc4n3)cc21. The number of nitrogens with zero attached hydrogens (tertiary/aromatic N) is 4. The number of hydrogen-bond acceptors (Lipinski definition) is 2. The van der Waals surface area contributed by atoms with Crippen molar-refractivity contribution >= 4 is 76.1 Å². The number of rotatable bonds is 3. The molecule has 0 aliphatic heterocycles. The van der Waals surface area contributed by atoms with Gasteiger partial charge in [0.2, 0.25) is 0 Å². The Balaban J connectivity index is 1.06. The van der Waals surface area contributed by atoms with Crippen LogP contribution in [0.5, 0.6) is 0 Å². The summed E-state index contributed by atoms with van der Waals surface area (Å²) in [4.78, 5) is 10.8. The Morgan fingerprint density at radius 2 is 1.08 bits per heavy atom. The molecular formula is C55H36N4. The minimum absolute atomic E-state index is 0.124. The highest BCUT2D eigenvalue weighted by molar-refractivity contribution is 6.19. The number of hydrogen-bond donors (Lipinski definition) is 0. The van der Waals surface area contributed by atoms with E-state index in [-0.39, 0.29) is 5.41 Å². The summed E-state index contributed by atoms with van der Waals surface area (Å²) < 4.78 is 4.82. The Hall–Kier alpha value is -7.56. The highest BCUT2D eigenvalue weighted by atomic mass is 15.1. The summed E-state index contributed by atoms with van der Waals surface area (Å²) in [6, 6.07) is 66.4. The molecule has 0 atom stereocenters. The largest absolute Gasteiger partial charge is 0.309 e. The summed E-state index contributed by atoms with van der Waals surface area (Å²) in [5, 5.41) is 10.8. The van der Waals surface area contributed by atoms with Crippen LogP contribution < -0.4 is 0 Å². The Bertz CT molecular complexity index is 3770. The molecule has 12 aromatic rings. The molecule has 0 N–H and O–H groups in total. The minimum Gasteiger partial charge on any atom is -0.309 e. The van der Waals surface area contributed by atoms with Crippen LogP contribution in [0.15, 0.2) is 182 Å². The van der Waals surface area contributed by atoms with Crippen molar-refractivity contribution in [1.29, 1.82) is 0 Å². The summed E-state index contributed by atoms with van der Waals surface area (Å²) in [5.41, 5.74) is 12.9. The Kier molecular flexibility index (Phi) is 6.48. The van der Waals surface area contributed by atoms with E-state index in [2.05, 4.69) is 205 Å². The molecule has 276 valence electrons. The van der Waals surface area contributed by atoms with Crippen LogP contribution in [0.4, 0.5) is 0 Å². The monoisotopic (exact) mass is 752 g/mol. The standard InChI is InChI=1S/C55H36N4/c1-55(2)46-19-9-5-15-39(46)40-27-25-35(31-47(40)55)53-56-48-20-10-6-18-44(48)54(57-53)59-50-22-12-8-17-42(50)45-30-34-23-26-37(29-36(34)32-51(45)59)58-49-21-11-7-16-41(49)43-28-24-33-13-3-4-14-38(33)52(43)58/h3-32H,1-2H3. The van der Waals surface area contributed by atoms with Crippen molar-refractivity contribution in [3.8, 4) is 34.0 Å². The average molecular weight is 753 g/mol. The maximum Gasteiger partial charge on any atom is 0.162 e. The third-order valence-electron chi connectivity index (χ3n) is 13.1. The van der Waals surface area contributed by atoms with Gasteiger partial charge in [-0.2, -0.15) is 0 Å². The number of benzene rings is 9. The molecule has 0 unspecified atom stereocenters. The van der Waals surface area contributed by atoms with Gasteiger partial charge in [-0.15, -0.1) is 0 Å². The predicted molar refractivity (Wildman–Crippen MR) is 246 cm³/mol. The molecule has 0 bridgehead atoms. The van der Waals surface area contributed by atoms with Crippen molar-refractivity contribution in [3.05, 3.63) is 193 Å². The van der Waals surface area contributed by atoms with E-state index in [0.717, 1.165) is 44.8 Å². The highest BCUT2D eigenvalue weighted by Crippen LogP contribution is 2.49. The van der Waals surface area contributed by atoms with Crippen molar-refractivity contribution in [2.24, 2.45) is 0 Å². The molecular weight excluding hydrogens is 717 g/mol. The van der Waals surface area contributed by atoms with E-state index in [9.17, 15) is 0 Å². The van der Waals surface area contributed by atoms with Crippen LogP contribution in [-0.4, -0.2) is 19.1 Å². The van der Waals surface area contributed by atoms with Gasteiger partial charge in [-0.05, 0) is 93.0 Å². The van der Waals surface area contributed by atoms with Gasteiger partial charge in [-0.25, -0.2) is 9.97 Å². The molecule has 13 rings (SSSR count). The molecule has 3 aromatic heterocycles. The Morgan fingerprint density at radius 1 is 0.407 bits per heavy atom. The molecule has 3 heterocycles. The Morgan fingerprint density at radius 3 is 1.95 bits per heavy atom. The lowest BCUT2D eigenvalue weighted by molar-refractivity contribution is 0.660. The minimum atomic E-state index is -0.124. The molecule has 0 fully saturated rings. The predicted octanol–water partition coefficient (Wildman–Crippen LogP) is 14.1. The second kappa shape index (κ2) is 11.7. The summed E-state index contributed by atoms with van der Waals surface area (Å²) in [6.45, 7) is 4.65. The molecule has 0 saturated heterocycles. The van der Waals surface area contributed by atoms with Crippen LogP contribution in [0.2, 0.25) is 0 Å². The summed E-state index contributed by atoms with van der Waals surface area (Å²) in [6.07, 6.45) is 0. The van der Waals surface area contributed by atoms with Crippen LogP contribution >= 0.6 is 0 Å². The molecule has 4 heteroatoms. The lowest BCUT2D eigenvalue weighted by atomic mass is 9.82. The molecule has 0 radical (unpaired) electrons. The van der Waals surface area contributed by atoms with Crippen LogP contribution in [-0.2, 0) is 5.41 Å². The van der Waals surface area contributed by atoms with Crippen molar-refractivity contribution < 1.29 is 0 Å². The zero-order chi connectivity index (χ0) is 39.0. The van der Waals surface area contributed by atoms with Crippen molar-refractivity contribution in [1.82, 2.24) is 19.1 Å². The van der Waals surface area contributed by atoms with E-state index in [1.54, 1.807) is 0 Å². The molecule has 59 heavy (non-hydrogen) atoms.